The number of hydrogen-bond acceptors (Lipinski definition) is 4. The van der Waals surface area contributed by atoms with Crippen molar-refractivity contribution in [3.05, 3.63) is 71.8 Å². The van der Waals surface area contributed by atoms with Crippen molar-refractivity contribution in [2.75, 3.05) is 11.5 Å². The second kappa shape index (κ2) is 10.3. The van der Waals surface area contributed by atoms with Gasteiger partial charge in [-0.3, -0.25) is 4.79 Å². The Balaban J connectivity index is 1.90. The molecule has 5 heteroatoms. The van der Waals surface area contributed by atoms with E-state index in [-0.39, 0.29) is 21.0 Å². The fourth-order valence-corrected chi connectivity index (χ4v) is 8.22. The summed E-state index contributed by atoms with van der Waals surface area (Å²) in [5.41, 5.74) is 2.04. The average molecular weight is 473 g/mol. The van der Waals surface area contributed by atoms with Gasteiger partial charge in [-0.2, -0.15) is 0 Å². The van der Waals surface area contributed by atoms with Crippen molar-refractivity contribution in [2.45, 2.75) is 68.3 Å². The molecule has 0 amide bonds. The van der Waals surface area contributed by atoms with E-state index in [1.54, 1.807) is 0 Å². The van der Waals surface area contributed by atoms with Crippen molar-refractivity contribution >= 4 is 37.6 Å². The van der Waals surface area contributed by atoms with Gasteiger partial charge in [-0.15, -0.1) is 23.5 Å². The van der Waals surface area contributed by atoms with Crippen LogP contribution in [0.2, 0.25) is 18.1 Å². The number of thioether (sulfide) groups is 2. The summed E-state index contributed by atoms with van der Waals surface area (Å²) in [5.74, 6) is 2.45. The Bertz CT molecular complexity index is 841. The first-order valence-corrected chi connectivity index (χ1v) is 16.1. The number of rotatable bonds is 8. The molecule has 1 atom stereocenters. The second-order valence-electron chi connectivity index (χ2n) is 9.91. The van der Waals surface area contributed by atoms with E-state index in [1.807, 2.05) is 53.9 Å². The Morgan fingerprint density at radius 3 is 2.10 bits per heavy atom. The zero-order valence-electron chi connectivity index (χ0n) is 19.5. The molecule has 3 rings (SSSR count). The van der Waals surface area contributed by atoms with E-state index in [0.717, 1.165) is 23.5 Å². The summed E-state index contributed by atoms with van der Waals surface area (Å²) >= 11 is 3.94. The summed E-state index contributed by atoms with van der Waals surface area (Å²) in [6.07, 6.45) is 2.62. The van der Waals surface area contributed by atoms with Gasteiger partial charge in [0, 0.05) is 18.4 Å². The molecule has 1 fully saturated rings. The molecule has 0 aliphatic carbocycles. The maximum Gasteiger partial charge on any atom is 0.192 e. The molecule has 168 valence electrons. The third-order valence-electron chi connectivity index (χ3n) is 6.46. The lowest BCUT2D eigenvalue weighted by molar-refractivity contribution is 0.0968. The minimum atomic E-state index is -1.98. The first-order chi connectivity index (χ1) is 14.6. The lowest BCUT2D eigenvalue weighted by Gasteiger charge is -2.43. The molecule has 2 aromatic carbocycles. The summed E-state index contributed by atoms with van der Waals surface area (Å²) in [5, 5.41) is 0.139. The normalized spacial score (nSPS) is 17.8. The number of carbonyl (C=O) groups excluding carboxylic acids is 1. The van der Waals surface area contributed by atoms with Crippen LogP contribution in [0, 0.1) is 0 Å². The first kappa shape index (κ1) is 24.6. The average Bonchev–Trinajstić information content (AvgIpc) is 2.74. The Morgan fingerprint density at radius 2 is 1.55 bits per heavy atom. The SMILES string of the molecule is CC(C)(C)[Si](C)(C)O[C@@H](CC1(CC(=O)c2ccccc2)SCCCS1)c1ccccc1. The monoisotopic (exact) mass is 472 g/mol. The summed E-state index contributed by atoms with van der Waals surface area (Å²) < 4.78 is 6.86. The molecule has 1 aliphatic heterocycles. The lowest BCUT2D eigenvalue weighted by atomic mass is 9.99. The highest BCUT2D eigenvalue weighted by Gasteiger charge is 2.44. The molecule has 0 bridgehead atoms. The van der Waals surface area contributed by atoms with Crippen LogP contribution in [0.1, 0.15) is 62.1 Å². The van der Waals surface area contributed by atoms with Crippen molar-refractivity contribution < 1.29 is 9.22 Å². The van der Waals surface area contributed by atoms with Crippen molar-refractivity contribution in [3.8, 4) is 0 Å². The van der Waals surface area contributed by atoms with Gasteiger partial charge in [0.05, 0.1) is 10.2 Å². The minimum absolute atomic E-state index is 0.00349. The van der Waals surface area contributed by atoms with Gasteiger partial charge in [-0.25, -0.2) is 0 Å². The lowest BCUT2D eigenvalue weighted by Crippen LogP contribution is -2.43. The molecule has 1 saturated heterocycles. The summed E-state index contributed by atoms with van der Waals surface area (Å²) in [6, 6.07) is 20.4. The first-order valence-electron chi connectivity index (χ1n) is 11.2. The quantitative estimate of drug-likeness (QED) is 0.287. The Morgan fingerprint density at radius 1 is 1.00 bits per heavy atom. The number of benzene rings is 2. The van der Waals surface area contributed by atoms with Crippen molar-refractivity contribution in [1.29, 1.82) is 0 Å². The number of hydrogen-bond donors (Lipinski definition) is 0. The van der Waals surface area contributed by atoms with Gasteiger partial charge in [0.25, 0.3) is 0 Å². The van der Waals surface area contributed by atoms with Crippen molar-refractivity contribution in [3.63, 3.8) is 0 Å². The second-order valence-corrected chi connectivity index (χ2v) is 17.9. The molecular formula is C26H36O2S2Si. The number of Topliss-reactive ketones (excluding diaryl/α,β-unsaturated/α-hetero) is 1. The van der Waals surface area contributed by atoms with Crippen LogP contribution in [-0.2, 0) is 4.43 Å². The fraction of sp³-hybridized carbons (Fsp3) is 0.500. The smallest absolute Gasteiger partial charge is 0.192 e. The highest BCUT2D eigenvalue weighted by molar-refractivity contribution is 8.18. The molecule has 2 aromatic rings. The van der Waals surface area contributed by atoms with Crippen LogP contribution in [0.25, 0.3) is 0 Å². The maximum absolute atomic E-state index is 13.2. The maximum atomic E-state index is 13.2. The van der Waals surface area contributed by atoms with E-state index in [9.17, 15) is 4.79 Å². The van der Waals surface area contributed by atoms with E-state index in [2.05, 4.69) is 64.2 Å². The highest BCUT2D eigenvalue weighted by Crippen LogP contribution is 2.52. The fourth-order valence-electron chi connectivity index (χ4n) is 3.59. The predicted molar refractivity (Wildman–Crippen MR) is 140 cm³/mol. The summed E-state index contributed by atoms with van der Waals surface area (Å²) in [6.45, 7) is 11.5. The Labute approximate surface area is 198 Å². The van der Waals surface area contributed by atoms with Gasteiger partial charge in [0.1, 0.15) is 0 Å². The van der Waals surface area contributed by atoms with Crippen LogP contribution < -0.4 is 0 Å². The van der Waals surface area contributed by atoms with Crippen molar-refractivity contribution in [1.82, 2.24) is 0 Å². The van der Waals surface area contributed by atoms with Crippen molar-refractivity contribution in [2.24, 2.45) is 0 Å². The van der Waals surface area contributed by atoms with E-state index in [0.29, 0.717) is 6.42 Å². The number of carbonyl (C=O) groups is 1. The van der Waals surface area contributed by atoms with Gasteiger partial charge in [0.15, 0.2) is 14.1 Å². The summed E-state index contributed by atoms with van der Waals surface area (Å²) in [4.78, 5) is 13.2. The van der Waals surface area contributed by atoms with Gasteiger partial charge in [-0.1, -0.05) is 81.4 Å². The highest BCUT2D eigenvalue weighted by atomic mass is 32.2. The van der Waals surface area contributed by atoms with Crippen LogP contribution in [0.3, 0.4) is 0 Å². The largest absolute Gasteiger partial charge is 0.410 e. The molecule has 1 aliphatic rings. The molecule has 1 heterocycles. The van der Waals surface area contributed by atoms with Crippen LogP contribution in [0.15, 0.2) is 60.7 Å². The molecule has 2 nitrogen and oxygen atoms in total. The zero-order chi connectivity index (χ0) is 22.5. The minimum Gasteiger partial charge on any atom is -0.410 e. The number of ketones is 1. The van der Waals surface area contributed by atoms with Crippen LogP contribution >= 0.6 is 23.5 Å². The molecule has 0 spiro atoms. The van der Waals surface area contributed by atoms with Gasteiger partial charge < -0.3 is 4.43 Å². The van der Waals surface area contributed by atoms with Gasteiger partial charge in [-0.05, 0) is 41.6 Å². The molecular weight excluding hydrogens is 437 g/mol. The van der Waals surface area contributed by atoms with E-state index < -0.39 is 8.32 Å². The third-order valence-corrected chi connectivity index (χ3v) is 14.3. The van der Waals surface area contributed by atoms with E-state index in [4.69, 9.17) is 4.43 Å². The molecule has 0 unspecified atom stereocenters. The van der Waals surface area contributed by atoms with Crippen LogP contribution in [-0.4, -0.2) is 29.7 Å². The molecule has 0 aromatic heterocycles. The molecule has 31 heavy (non-hydrogen) atoms. The Kier molecular flexibility index (Phi) is 8.17. The standard InChI is InChI=1S/C26H36O2S2Si/c1-25(2,3)31(4,5)28-24(22-15-10-7-11-16-22)20-26(29-17-12-18-30-26)19-23(27)21-13-8-6-9-14-21/h6-11,13-16,24H,12,17-20H2,1-5H3/t24-/m0/s1. The Hall–Kier alpha value is -1.01. The van der Waals surface area contributed by atoms with Gasteiger partial charge >= 0.3 is 0 Å². The summed E-state index contributed by atoms with van der Waals surface area (Å²) in [7, 11) is -1.98. The topological polar surface area (TPSA) is 26.3 Å². The molecule has 0 radical (unpaired) electrons. The van der Waals surface area contributed by atoms with Gasteiger partial charge in [0.2, 0.25) is 0 Å². The predicted octanol–water partition coefficient (Wildman–Crippen LogP) is 7.98. The van der Waals surface area contributed by atoms with E-state index in [1.165, 1.54) is 12.0 Å². The molecule has 0 saturated carbocycles. The molecule has 0 N–H and O–H groups in total. The van der Waals surface area contributed by atoms with Crippen LogP contribution in [0.5, 0.6) is 0 Å². The zero-order valence-corrected chi connectivity index (χ0v) is 22.2. The van der Waals surface area contributed by atoms with Crippen LogP contribution in [0.4, 0.5) is 0 Å². The third kappa shape index (κ3) is 6.50. The van der Waals surface area contributed by atoms with E-state index >= 15 is 0 Å².